The van der Waals surface area contributed by atoms with Gasteiger partial charge < -0.3 is 29.9 Å². The van der Waals surface area contributed by atoms with Gasteiger partial charge in [-0.05, 0) is 91.4 Å². The Kier molecular flexibility index (Phi) is 6.89. The Morgan fingerprint density at radius 2 is 1.89 bits per heavy atom. The second kappa shape index (κ2) is 10.4. The summed E-state index contributed by atoms with van der Waals surface area (Å²) >= 11 is 5.87. The maximum Gasteiger partial charge on any atom is 0.250 e. The smallest absolute Gasteiger partial charge is 0.250 e. The van der Waals surface area contributed by atoms with E-state index < -0.39 is 0 Å². The zero-order valence-electron chi connectivity index (χ0n) is 20.5. The Morgan fingerprint density at radius 3 is 2.59 bits per heavy atom. The molecule has 0 aliphatic carbocycles. The highest BCUT2D eigenvalue weighted by Crippen LogP contribution is 2.43. The molecule has 188 valence electrons. The van der Waals surface area contributed by atoms with Gasteiger partial charge in [0.25, 0.3) is 0 Å². The number of hydrogen-bond donors (Lipinski definition) is 3. The van der Waals surface area contributed by atoms with Gasteiger partial charge in [-0.1, -0.05) is 6.07 Å². The van der Waals surface area contributed by atoms with Crippen LogP contribution in [-0.2, 0) is 9.53 Å². The number of rotatable bonds is 7. The summed E-state index contributed by atoms with van der Waals surface area (Å²) in [5, 5.41) is 16.7. The zero-order chi connectivity index (χ0) is 25.9. The van der Waals surface area contributed by atoms with Crippen LogP contribution in [0.3, 0.4) is 0 Å². The number of benzene rings is 2. The number of carbonyl (C=O) groups excluding carboxylic acids is 1. The largest absolute Gasteiger partial charge is 0.508 e. The van der Waals surface area contributed by atoms with Crippen molar-refractivity contribution in [3.8, 4) is 11.4 Å². The minimum atomic E-state index is -0.223. The van der Waals surface area contributed by atoms with Crippen LogP contribution in [0.5, 0.6) is 5.75 Å². The molecule has 37 heavy (non-hydrogen) atoms. The summed E-state index contributed by atoms with van der Waals surface area (Å²) in [6.45, 7) is 1.94. The first kappa shape index (κ1) is 24.5. The molecule has 3 N–H and O–H groups in total. The Morgan fingerprint density at radius 1 is 1.11 bits per heavy atom. The fourth-order valence-corrected chi connectivity index (χ4v) is 5.02. The number of aromatic nitrogens is 2. The van der Waals surface area contributed by atoms with E-state index in [1.165, 1.54) is 7.11 Å². The average molecular weight is 514 g/mol. The lowest BCUT2D eigenvalue weighted by atomic mass is 10.00. The van der Waals surface area contributed by atoms with E-state index >= 15 is 0 Å². The summed E-state index contributed by atoms with van der Waals surface area (Å²) in [5.74, 6) is -0.00108. The predicted molar refractivity (Wildman–Crippen MR) is 147 cm³/mol. The molecule has 9 heteroatoms. The van der Waals surface area contributed by atoms with Gasteiger partial charge in [0, 0.05) is 42.3 Å². The third kappa shape index (κ3) is 4.91. The van der Waals surface area contributed by atoms with E-state index in [0.29, 0.717) is 10.8 Å². The van der Waals surface area contributed by atoms with Crippen molar-refractivity contribution in [2.24, 2.45) is 0 Å². The summed E-state index contributed by atoms with van der Waals surface area (Å²) in [7, 11) is 1.49. The van der Waals surface area contributed by atoms with E-state index in [2.05, 4.69) is 31.2 Å². The Balaban J connectivity index is 1.58. The summed E-state index contributed by atoms with van der Waals surface area (Å²) in [5.41, 5.74) is 5.30. The van der Waals surface area contributed by atoms with Crippen LogP contribution in [0, 0.1) is 6.92 Å². The van der Waals surface area contributed by atoms with E-state index in [1.807, 2.05) is 67.7 Å². The van der Waals surface area contributed by atoms with Gasteiger partial charge in [-0.15, -0.1) is 0 Å². The standard InChI is InChI=1S/C28H27N5O3S/c1-18-16-20(10-13-22(18)30-25(35)17-36-2)33-27(26(31-28(33)37)23-6-3-4-14-29-23)24-7-5-15-32(24)19-8-11-21(34)12-9-19/h3-16,26-27,34H,17H2,1-2H3,(H,30,35)(H,31,37)/t26-,27+/m0/s1. The molecule has 4 aromatic rings. The van der Waals surface area contributed by atoms with Crippen molar-refractivity contribution in [3.05, 3.63) is 102 Å². The highest BCUT2D eigenvalue weighted by Gasteiger charge is 2.42. The number of thiocarbonyl (C=S) groups is 1. The summed E-state index contributed by atoms with van der Waals surface area (Å²) < 4.78 is 7.02. The van der Waals surface area contributed by atoms with Crippen LogP contribution in [-0.4, -0.2) is 39.4 Å². The number of nitrogens with zero attached hydrogens (tertiary/aromatic N) is 3. The molecule has 3 heterocycles. The number of nitrogens with one attached hydrogen (secondary N) is 2. The van der Waals surface area contributed by atoms with Gasteiger partial charge in [0.15, 0.2) is 5.11 Å². The normalized spacial score (nSPS) is 17.0. The van der Waals surface area contributed by atoms with Gasteiger partial charge in [-0.2, -0.15) is 0 Å². The molecule has 1 fully saturated rings. The van der Waals surface area contributed by atoms with Gasteiger partial charge in [0.05, 0.1) is 11.7 Å². The lowest BCUT2D eigenvalue weighted by Crippen LogP contribution is -2.30. The van der Waals surface area contributed by atoms with E-state index in [-0.39, 0.29) is 30.3 Å². The molecule has 2 aromatic heterocycles. The van der Waals surface area contributed by atoms with Gasteiger partial charge in [0.2, 0.25) is 5.91 Å². The number of carbonyl (C=O) groups is 1. The van der Waals surface area contributed by atoms with Crippen LogP contribution in [0.25, 0.3) is 5.69 Å². The molecule has 2 atom stereocenters. The van der Waals surface area contributed by atoms with Crippen molar-refractivity contribution < 1.29 is 14.6 Å². The maximum absolute atomic E-state index is 12.1. The molecular weight excluding hydrogens is 486 g/mol. The highest BCUT2D eigenvalue weighted by atomic mass is 32.1. The molecule has 2 aromatic carbocycles. The predicted octanol–water partition coefficient (Wildman–Crippen LogP) is 4.65. The number of pyridine rings is 1. The molecule has 5 rings (SSSR count). The molecule has 0 radical (unpaired) electrons. The fraction of sp³-hybridized carbons (Fsp3) is 0.179. The van der Waals surface area contributed by atoms with Gasteiger partial charge in [0.1, 0.15) is 18.4 Å². The number of aromatic hydroxyl groups is 1. The number of amides is 1. The van der Waals surface area contributed by atoms with E-state index in [1.54, 1.807) is 18.3 Å². The molecule has 1 saturated heterocycles. The lowest BCUT2D eigenvalue weighted by Gasteiger charge is -2.29. The topological polar surface area (TPSA) is 91.7 Å². The number of ether oxygens (including phenoxy) is 1. The zero-order valence-corrected chi connectivity index (χ0v) is 21.3. The molecule has 0 spiro atoms. The quantitative estimate of drug-likeness (QED) is 0.310. The van der Waals surface area contributed by atoms with Gasteiger partial charge >= 0.3 is 0 Å². The summed E-state index contributed by atoms with van der Waals surface area (Å²) in [6.07, 6.45) is 3.77. The minimum Gasteiger partial charge on any atom is -0.508 e. The van der Waals surface area contributed by atoms with Crippen molar-refractivity contribution in [1.82, 2.24) is 14.9 Å². The van der Waals surface area contributed by atoms with Crippen LogP contribution < -0.4 is 15.5 Å². The second-order valence-electron chi connectivity index (χ2n) is 8.80. The summed E-state index contributed by atoms with van der Waals surface area (Å²) in [6, 6.07) is 22.4. The first-order chi connectivity index (χ1) is 18.0. The SMILES string of the molecule is COCC(=O)Nc1ccc(N2C(=S)N[C@@H](c3ccccn3)[C@H]2c2cccn2-c2ccc(O)cc2)cc1C. The third-order valence-electron chi connectivity index (χ3n) is 6.35. The van der Waals surface area contributed by atoms with Crippen molar-refractivity contribution in [1.29, 1.82) is 0 Å². The van der Waals surface area contributed by atoms with E-state index in [9.17, 15) is 9.90 Å². The van der Waals surface area contributed by atoms with Crippen LogP contribution in [0.1, 0.15) is 29.0 Å². The first-order valence-electron chi connectivity index (χ1n) is 11.8. The number of methoxy groups -OCH3 is 1. The molecule has 1 aliphatic rings. The number of anilines is 2. The molecule has 0 saturated carbocycles. The third-order valence-corrected chi connectivity index (χ3v) is 6.66. The maximum atomic E-state index is 12.1. The highest BCUT2D eigenvalue weighted by molar-refractivity contribution is 7.80. The second-order valence-corrected chi connectivity index (χ2v) is 9.18. The number of hydrogen-bond acceptors (Lipinski definition) is 5. The first-order valence-corrected chi connectivity index (χ1v) is 12.2. The fourth-order valence-electron chi connectivity index (χ4n) is 4.67. The number of phenols is 1. The van der Waals surface area contributed by atoms with Crippen molar-refractivity contribution >= 4 is 34.6 Å². The molecule has 1 aliphatic heterocycles. The van der Waals surface area contributed by atoms with Gasteiger partial charge in [-0.25, -0.2) is 0 Å². The van der Waals surface area contributed by atoms with Crippen LogP contribution in [0.2, 0.25) is 0 Å². The van der Waals surface area contributed by atoms with Crippen molar-refractivity contribution in [2.45, 2.75) is 19.0 Å². The molecule has 8 nitrogen and oxygen atoms in total. The van der Waals surface area contributed by atoms with Gasteiger partial charge in [-0.3, -0.25) is 9.78 Å². The number of aryl methyl sites for hydroxylation is 1. The molecule has 0 bridgehead atoms. The Bertz CT molecular complexity index is 1420. The average Bonchev–Trinajstić information content (AvgIpc) is 3.51. The Hall–Kier alpha value is -4.21. The lowest BCUT2D eigenvalue weighted by molar-refractivity contribution is -0.119. The summed E-state index contributed by atoms with van der Waals surface area (Å²) in [4.78, 5) is 18.8. The van der Waals surface area contributed by atoms with Crippen LogP contribution >= 0.6 is 12.2 Å². The molecule has 0 unspecified atom stereocenters. The van der Waals surface area contributed by atoms with E-state index in [0.717, 1.165) is 28.3 Å². The monoisotopic (exact) mass is 513 g/mol. The van der Waals surface area contributed by atoms with Crippen molar-refractivity contribution in [2.75, 3.05) is 23.9 Å². The van der Waals surface area contributed by atoms with E-state index in [4.69, 9.17) is 17.0 Å². The molecular formula is C28H27N5O3S. The minimum absolute atomic E-state index is 0.0105. The Labute approximate surface area is 220 Å². The molecule has 1 amide bonds. The van der Waals surface area contributed by atoms with Crippen molar-refractivity contribution in [3.63, 3.8) is 0 Å². The number of phenolic OH excluding ortho intramolecular Hbond substituents is 1. The van der Waals surface area contributed by atoms with Crippen LogP contribution in [0.15, 0.2) is 85.2 Å². The van der Waals surface area contributed by atoms with Crippen LogP contribution in [0.4, 0.5) is 11.4 Å².